The molecule has 0 spiro atoms. The van der Waals surface area contributed by atoms with E-state index in [0.29, 0.717) is 22.5 Å². The molecule has 9 heteroatoms. The van der Waals surface area contributed by atoms with Gasteiger partial charge in [0.15, 0.2) is 0 Å². The van der Waals surface area contributed by atoms with Gasteiger partial charge < -0.3 is 9.32 Å². The number of hydrogen-bond donors (Lipinski definition) is 1. The zero-order valence-electron chi connectivity index (χ0n) is 35.5. The number of hydrogen-bond acceptors (Lipinski definition) is 6. The summed E-state index contributed by atoms with van der Waals surface area (Å²) in [4.78, 5) is 4.74. The highest BCUT2D eigenvalue weighted by Crippen LogP contribution is 2.44. The third-order valence-corrected chi connectivity index (χ3v) is 14.3. The van der Waals surface area contributed by atoms with Crippen LogP contribution < -0.4 is 14.8 Å². The number of thioether (sulfide) groups is 2. The Bertz CT molecular complexity index is 2960. The van der Waals surface area contributed by atoms with Crippen LogP contribution in [0.3, 0.4) is 0 Å². The van der Waals surface area contributed by atoms with E-state index in [4.69, 9.17) is 4.42 Å². The molecule has 2 aliphatic rings. The van der Waals surface area contributed by atoms with Gasteiger partial charge in [0.05, 0.1) is 6.07 Å². The smallest absolute Gasteiger partial charge is 0.295 e. The molecular formula is C53H51N2O4S3+. The summed E-state index contributed by atoms with van der Waals surface area (Å²) < 4.78 is 45.9. The zero-order chi connectivity index (χ0) is 43.2. The number of para-hydroxylation sites is 2. The van der Waals surface area contributed by atoms with Crippen LogP contribution in [0, 0.1) is 27.7 Å². The Labute approximate surface area is 374 Å². The van der Waals surface area contributed by atoms with Gasteiger partial charge in [-0.2, -0.15) is 13.0 Å². The molecule has 0 amide bonds. The minimum Gasteiger partial charge on any atom is -0.456 e. The number of anilines is 2. The Morgan fingerprint density at radius 2 is 1.21 bits per heavy atom. The minimum absolute atomic E-state index is 0.150. The number of benzene rings is 7. The molecule has 6 aromatic carbocycles. The number of fused-ring (bicyclic) bond motifs is 2. The van der Waals surface area contributed by atoms with Crippen LogP contribution in [0.1, 0.15) is 35.1 Å². The molecule has 1 heterocycles. The summed E-state index contributed by atoms with van der Waals surface area (Å²) in [5, 5.41) is 1.72. The minimum atomic E-state index is -4.57. The first-order valence-corrected chi connectivity index (χ1v) is 24.4. The third-order valence-electron chi connectivity index (χ3n) is 11.2. The second-order valence-electron chi connectivity index (χ2n) is 15.6. The van der Waals surface area contributed by atoms with Gasteiger partial charge in [0.1, 0.15) is 22.8 Å². The first-order valence-electron chi connectivity index (χ1n) is 21.0. The first kappa shape index (κ1) is 43.1. The highest BCUT2D eigenvalue weighted by atomic mass is 32.2. The summed E-state index contributed by atoms with van der Waals surface area (Å²) in [5.41, 5.74) is 10.5. The number of nitrogens with zero attached hydrogens (tertiary/aromatic N) is 2. The summed E-state index contributed by atoms with van der Waals surface area (Å²) in [6.45, 7) is 10.2. The Hall–Kier alpha value is -5.58. The Balaban J connectivity index is 1.30. The molecule has 0 fully saturated rings. The van der Waals surface area contributed by atoms with E-state index >= 15 is 0 Å². The number of rotatable bonds is 15. The van der Waals surface area contributed by atoms with Crippen molar-refractivity contribution in [3.63, 3.8) is 0 Å². The van der Waals surface area contributed by atoms with Crippen LogP contribution in [0.4, 0.5) is 17.1 Å². The van der Waals surface area contributed by atoms with Crippen molar-refractivity contribution in [1.82, 2.24) is 4.58 Å². The van der Waals surface area contributed by atoms with Crippen molar-refractivity contribution in [3.8, 4) is 22.5 Å². The lowest BCUT2D eigenvalue weighted by molar-refractivity contribution is 0.483. The van der Waals surface area contributed by atoms with Crippen LogP contribution in [0.5, 0.6) is 0 Å². The van der Waals surface area contributed by atoms with Gasteiger partial charge in [-0.15, -0.1) is 23.5 Å². The average molecular weight is 876 g/mol. The van der Waals surface area contributed by atoms with E-state index in [1.54, 1.807) is 18.2 Å². The maximum atomic E-state index is 13.0. The predicted molar refractivity (Wildman–Crippen MR) is 260 cm³/mol. The van der Waals surface area contributed by atoms with Gasteiger partial charge in [-0.3, -0.25) is 4.55 Å². The van der Waals surface area contributed by atoms with Crippen molar-refractivity contribution in [2.45, 2.75) is 55.2 Å². The standard InChI is InChI=1S/C53H50N2O4S3/c1-37-17-13-18-38(2)52(37)54(31-15-33-60-43-21-7-5-8-22-43)41-27-29-45-48(35-41)59-49-36-42(28-30-46(49)51(45)47-25-11-12-26-50(47)62(56,57)58)55(53-39(3)19-14-20-40(53)4)32-16-34-61-44-23-9-6-10-24-44/h5-14,17-30,35-36H,15-16,31-34H2,1-4H3/p+1. The molecular weight excluding hydrogens is 825 g/mol. The van der Waals surface area contributed by atoms with Gasteiger partial charge in [0.25, 0.3) is 10.1 Å². The molecule has 0 aromatic heterocycles. The molecule has 1 N–H and O–H groups in total. The topological polar surface area (TPSA) is 73.8 Å². The SMILES string of the molecule is Cc1cccc(C)c1N(CCCSc1ccccc1)c1ccc2c(-c3ccccc3S(=O)(=O)O)c3ccc(=[N+](CCCSc4ccccc4)c4c(C)cccc4C)cc-3oc2c1. The van der Waals surface area contributed by atoms with Crippen LogP contribution in [0.25, 0.3) is 33.4 Å². The van der Waals surface area contributed by atoms with Gasteiger partial charge in [-0.25, -0.2) is 0 Å². The molecule has 0 saturated heterocycles. The number of aryl methyl sites for hydroxylation is 4. The van der Waals surface area contributed by atoms with E-state index in [2.05, 4.69) is 146 Å². The van der Waals surface area contributed by atoms with Crippen LogP contribution >= 0.6 is 23.5 Å². The molecule has 62 heavy (non-hydrogen) atoms. The fraction of sp³-hybridized carbons (Fsp3) is 0.189. The van der Waals surface area contributed by atoms with Crippen molar-refractivity contribution in [1.29, 1.82) is 0 Å². The molecule has 1 aliphatic heterocycles. The van der Waals surface area contributed by atoms with Crippen LogP contribution in [-0.2, 0) is 10.1 Å². The summed E-state index contributed by atoms with van der Waals surface area (Å²) in [6.07, 6.45) is 1.88. The van der Waals surface area contributed by atoms with Gasteiger partial charge in [-0.1, -0.05) is 91.0 Å². The maximum Gasteiger partial charge on any atom is 0.295 e. The molecule has 314 valence electrons. The van der Waals surface area contributed by atoms with Crippen molar-refractivity contribution < 1.29 is 17.4 Å². The molecule has 0 radical (unpaired) electrons. The monoisotopic (exact) mass is 875 g/mol. The predicted octanol–water partition coefficient (Wildman–Crippen LogP) is 13.3. The van der Waals surface area contributed by atoms with Crippen molar-refractivity contribution >= 4 is 61.7 Å². The first-order chi connectivity index (χ1) is 30.1. The van der Waals surface area contributed by atoms with Crippen molar-refractivity contribution in [3.05, 3.63) is 185 Å². The molecule has 6 nitrogen and oxygen atoms in total. The lowest BCUT2D eigenvalue weighted by Gasteiger charge is -2.29. The van der Waals surface area contributed by atoms with Crippen molar-refractivity contribution in [2.24, 2.45) is 0 Å². The second kappa shape index (κ2) is 19.2. The largest absolute Gasteiger partial charge is 0.456 e. The fourth-order valence-electron chi connectivity index (χ4n) is 8.45. The maximum absolute atomic E-state index is 13.0. The van der Waals surface area contributed by atoms with E-state index in [9.17, 15) is 13.0 Å². The van der Waals surface area contributed by atoms with Gasteiger partial charge in [0, 0.05) is 85.2 Å². The van der Waals surface area contributed by atoms with Crippen LogP contribution in [0.2, 0.25) is 0 Å². The second-order valence-corrected chi connectivity index (χ2v) is 19.4. The molecule has 0 bridgehead atoms. The molecule has 1 aliphatic carbocycles. The van der Waals surface area contributed by atoms with Crippen LogP contribution in [-0.4, -0.2) is 37.6 Å². The summed E-state index contributed by atoms with van der Waals surface area (Å²) in [5.74, 6) is 2.52. The van der Waals surface area contributed by atoms with Gasteiger partial charge >= 0.3 is 0 Å². The van der Waals surface area contributed by atoms with E-state index in [1.165, 1.54) is 38.1 Å². The van der Waals surface area contributed by atoms with E-state index in [1.807, 2.05) is 47.8 Å². The molecule has 0 atom stereocenters. The normalized spacial score (nSPS) is 12.2. The average Bonchev–Trinajstić information content (AvgIpc) is 3.27. The molecule has 0 saturated carbocycles. The van der Waals surface area contributed by atoms with E-state index in [-0.39, 0.29) is 4.90 Å². The third kappa shape index (κ3) is 9.57. The summed E-state index contributed by atoms with van der Waals surface area (Å²) in [7, 11) is -4.57. The quantitative estimate of drug-likeness (QED) is 0.0361. The Morgan fingerprint density at radius 1 is 0.613 bits per heavy atom. The van der Waals surface area contributed by atoms with E-state index < -0.39 is 10.1 Å². The fourth-order valence-corrected chi connectivity index (χ4v) is 10.9. The van der Waals surface area contributed by atoms with Gasteiger partial charge in [0.2, 0.25) is 11.0 Å². The molecule has 8 rings (SSSR count). The van der Waals surface area contributed by atoms with E-state index in [0.717, 1.165) is 70.8 Å². The summed E-state index contributed by atoms with van der Waals surface area (Å²) in [6, 6.07) is 52.9. The lowest BCUT2D eigenvalue weighted by atomic mass is 9.93. The summed E-state index contributed by atoms with van der Waals surface area (Å²) >= 11 is 3.71. The molecule has 6 aromatic rings. The van der Waals surface area contributed by atoms with Crippen molar-refractivity contribution in [2.75, 3.05) is 29.5 Å². The highest BCUT2D eigenvalue weighted by Gasteiger charge is 2.26. The van der Waals surface area contributed by atoms with Gasteiger partial charge in [-0.05, 0) is 99.5 Å². The molecule has 0 unspecified atom stereocenters. The van der Waals surface area contributed by atoms with Crippen LogP contribution in [0.15, 0.2) is 177 Å². The lowest BCUT2D eigenvalue weighted by Crippen LogP contribution is -2.28. The highest BCUT2D eigenvalue weighted by molar-refractivity contribution is 7.99. The Morgan fingerprint density at radius 3 is 1.85 bits per heavy atom. The zero-order valence-corrected chi connectivity index (χ0v) is 38.0. The Kier molecular flexibility index (Phi) is 13.4.